The topological polar surface area (TPSA) is 30.5 Å². The van der Waals surface area contributed by atoms with Gasteiger partial charge >= 0.3 is 0 Å². The first-order chi connectivity index (χ1) is 7.43. The van der Waals surface area contributed by atoms with E-state index >= 15 is 0 Å². The summed E-state index contributed by atoms with van der Waals surface area (Å²) in [5.74, 6) is 0. The van der Waals surface area contributed by atoms with Gasteiger partial charge in [-0.05, 0) is 25.7 Å². The van der Waals surface area contributed by atoms with E-state index < -0.39 is 0 Å². The Morgan fingerprint density at radius 3 is 3.07 bits per heavy atom. The fourth-order valence-corrected chi connectivity index (χ4v) is 1.64. The van der Waals surface area contributed by atoms with E-state index in [9.17, 15) is 0 Å². The summed E-state index contributed by atoms with van der Waals surface area (Å²) in [6, 6.07) is 0. The number of ether oxygens (including phenoxy) is 2. The zero-order valence-corrected chi connectivity index (χ0v) is 9.54. The number of hydrogen-bond acceptors (Lipinski definition) is 3. The second-order valence-electron chi connectivity index (χ2n) is 3.88. The van der Waals surface area contributed by atoms with Crippen LogP contribution in [-0.4, -0.2) is 39.0 Å². The van der Waals surface area contributed by atoms with Gasteiger partial charge in [0.05, 0.1) is 19.3 Å². The lowest BCUT2D eigenvalue weighted by Gasteiger charge is -2.22. The van der Waals surface area contributed by atoms with E-state index in [4.69, 9.17) is 9.47 Å². The summed E-state index contributed by atoms with van der Waals surface area (Å²) >= 11 is 0. The molecule has 0 amide bonds. The van der Waals surface area contributed by atoms with E-state index in [1.807, 2.05) is 6.08 Å². The first kappa shape index (κ1) is 12.7. The van der Waals surface area contributed by atoms with Gasteiger partial charge in [-0.2, -0.15) is 0 Å². The molecule has 88 valence electrons. The normalized spacial score (nSPS) is 21.5. The second kappa shape index (κ2) is 8.89. The van der Waals surface area contributed by atoms with Crippen LogP contribution < -0.4 is 5.32 Å². The molecular weight excluding hydrogens is 190 g/mol. The fourth-order valence-electron chi connectivity index (χ4n) is 1.64. The van der Waals surface area contributed by atoms with Crippen LogP contribution in [-0.2, 0) is 9.47 Å². The molecule has 0 aromatic heterocycles. The number of nitrogens with one attached hydrogen (secondary N) is 1. The maximum Gasteiger partial charge on any atom is 0.0699 e. The summed E-state index contributed by atoms with van der Waals surface area (Å²) in [7, 11) is 0. The van der Waals surface area contributed by atoms with Crippen molar-refractivity contribution in [1.82, 2.24) is 5.32 Å². The minimum Gasteiger partial charge on any atom is -0.380 e. The fraction of sp³-hybridized carbons (Fsp3) is 0.833. The molecule has 0 saturated carbocycles. The van der Waals surface area contributed by atoms with Gasteiger partial charge in [0.15, 0.2) is 0 Å². The van der Waals surface area contributed by atoms with Crippen molar-refractivity contribution in [2.24, 2.45) is 0 Å². The highest BCUT2D eigenvalue weighted by Crippen LogP contribution is 2.11. The molecular formula is C12H23NO2. The summed E-state index contributed by atoms with van der Waals surface area (Å²) in [6.07, 6.45) is 6.97. The zero-order valence-electron chi connectivity index (χ0n) is 9.54. The summed E-state index contributed by atoms with van der Waals surface area (Å²) < 4.78 is 11.0. The molecule has 1 saturated heterocycles. The van der Waals surface area contributed by atoms with Crippen LogP contribution in [0.15, 0.2) is 12.7 Å². The molecule has 1 atom stereocenters. The molecule has 1 N–H and O–H groups in total. The minimum absolute atomic E-state index is 0.423. The SMILES string of the molecule is C=CCCOCCNCC1CCCCO1. The zero-order chi connectivity index (χ0) is 10.8. The third-order valence-electron chi connectivity index (χ3n) is 2.54. The molecule has 3 heteroatoms. The van der Waals surface area contributed by atoms with Crippen molar-refractivity contribution in [3.05, 3.63) is 12.7 Å². The molecule has 1 aliphatic rings. The van der Waals surface area contributed by atoms with Gasteiger partial charge < -0.3 is 14.8 Å². The third-order valence-corrected chi connectivity index (χ3v) is 2.54. The highest BCUT2D eigenvalue weighted by atomic mass is 16.5. The first-order valence-corrected chi connectivity index (χ1v) is 5.94. The molecule has 0 bridgehead atoms. The molecule has 1 fully saturated rings. The van der Waals surface area contributed by atoms with Gasteiger partial charge in [0.25, 0.3) is 0 Å². The summed E-state index contributed by atoms with van der Waals surface area (Å²) in [5, 5.41) is 3.36. The standard InChI is InChI=1S/C12H23NO2/c1-2-3-8-14-10-7-13-11-12-6-4-5-9-15-12/h2,12-13H,1,3-11H2. The Morgan fingerprint density at radius 1 is 1.40 bits per heavy atom. The summed E-state index contributed by atoms with van der Waals surface area (Å²) in [4.78, 5) is 0. The lowest BCUT2D eigenvalue weighted by atomic mass is 10.1. The monoisotopic (exact) mass is 213 g/mol. The van der Waals surface area contributed by atoms with Crippen molar-refractivity contribution in [3.63, 3.8) is 0 Å². The average Bonchev–Trinajstić information content (AvgIpc) is 2.29. The van der Waals surface area contributed by atoms with Gasteiger partial charge in [-0.3, -0.25) is 0 Å². The number of rotatable bonds is 8. The highest BCUT2D eigenvalue weighted by molar-refractivity contribution is 4.66. The van der Waals surface area contributed by atoms with Crippen molar-refractivity contribution in [2.45, 2.75) is 31.8 Å². The lowest BCUT2D eigenvalue weighted by molar-refractivity contribution is 0.0158. The Bertz CT molecular complexity index is 156. The van der Waals surface area contributed by atoms with E-state index in [2.05, 4.69) is 11.9 Å². The molecule has 0 radical (unpaired) electrons. The minimum atomic E-state index is 0.423. The molecule has 1 aliphatic heterocycles. The summed E-state index contributed by atoms with van der Waals surface area (Å²) in [5.41, 5.74) is 0. The summed E-state index contributed by atoms with van der Waals surface area (Å²) in [6.45, 7) is 8.01. The van der Waals surface area contributed by atoms with Crippen LogP contribution in [0.4, 0.5) is 0 Å². The van der Waals surface area contributed by atoms with Crippen LogP contribution in [0.2, 0.25) is 0 Å². The van der Waals surface area contributed by atoms with Gasteiger partial charge in [0.2, 0.25) is 0 Å². The predicted molar refractivity (Wildman–Crippen MR) is 62.1 cm³/mol. The Hall–Kier alpha value is -0.380. The van der Waals surface area contributed by atoms with Crippen molar-refractivity contribution in [2.75, 3.05) is 32.9 Å². The Morgan fingerprint density at radius 2 is 2.33 bits per heavy atom. The molecule has 15 heavy (non-hydrogen) atoms. The van der Waals surface area contributed by atoms with E-state index in [1.54, 1.807) is 0 Å². The molecule has 0 spiro atoms. The van der Waals surface area contributed by atoms with Gasteiger partial charge in [0, 0.05) is 19.7 Å². The van der Waals surface area contributed by atoms with Crippen LogP contribution in [0.3, 0.4) is 0 Å². The van der Waals surface area contributed by atoms with Crippen molar-refractivity contribution in [3.8, 4) is 0 Å². The quantitative estimate of drug-likeness (QED) is 0.492. The van der Waals surface area contributed by atoms with E-state index in [1.165, 1.54) is 19.3 Å². The van der Waals surface area contributed by atoms with Crippen LogP contribution in [0.25, 0.3) is 0 Å². The van der Waals surface area contributed by atoms with E-state index in [0.717, 1.165) is 39.3 Å². The van der Waals surface area contributed by atoms with Crippen LogP contribution in [0, 0.1) is 0 Å². The first-order valence-electron chi connectivity index (χ1n) is 5.94. The predicted octanol–water partition coefficient (Wildman–Crippen LogP) is 1.74. The molecule has 1 heterocycles. The molecule has 0 aromatic rings. The molecule has 3 nitrogen and oxygen atoms in total. The number of hydrogen-bond donors (Lipinski definition) is 1. The molecule has 1 unspecified atom stereocenters. The smallest absolute Gasteiger partial charge is 0.0699 e. The average molecular weight is 213 g/mol. The molecule has 0 aliphatic carbocycles. The van der Waals surface area contributed by atoms with Gasteiger partial charge in [-0.25, -0.2) is 0 Å². The van der Waals surface area contributed by atoms with E-state index in [0.29, 0.717) is 6.10 Å². The Balaban J connectivity index is 1.81. The Kier molecular flexibility index (Phi) is 7.52. The van der Waals surface area contributed by atoms with Crippen molar-refractivity contribution < 1.29 is 9.47 Å². The van der Waals surface area contributed by atoms with Crippen molar-refractivity contribution >= 4 is 0 Å². The van der Waals surface area contributed by atoms with Gasteiger partial charge in [0.1, 0.15) is 0 Å². The highest BCUT2D eigenvalue weighted by Gasteiger charge is 2.12. The second-order valence-corrected chi connectivity index (χ2v) is 3.88. The molecule has 0 aromatic carbocycles. The molecule has 1 rings (SSSR count). The van der Waals surface area contributed by atoms with E-state index in [-0.39, 0.29) is 0 Å². The van der Waals surface area contributed by atoms with Crippen molar-refractivity contribution in [1.29, 1.82) is 0 Å². The van der Waals surface area contributed by atoms with Crippen LogP contribution in [0.5, 0.6) is 0 Å². The Labute approximate surface area is 92.8 Å². The van der Waals surface area contributed by atoms with Crippen LogP contribution >= 0.6 is 0 Å². The van der Waals surface area contributed by atoms with Gasteiger partial charge in [-0.15, -0.1) is 6.58 Å². The maximum absolute atomic E-state index is 5.61. The lowest BCUT2D eigenvalue weighted by Crippen LogP contribution is -2.33. The third kappa shape index (κ3) is 6.66. The van der Waals surface area contributed by atoms with Gasteiger partial charge in [-0.1, -0.05) is 6.08 Å². The largest absolute Gasteiger partial charge is 0.380 e. The van der Waals surface area contributed by atoms with Crippen LogP contribution in [0.1, 0.15) is 25.7 Å². The maximum atomic E-state index is 5.61.